The molecule has 0 aliphatic rings. The summed E-state index contributed by atoms with van der Waals surface area (Å²) in [5.41, 5.74) is 5.87. The van der Waals surface area contributed by atoms with Crippen LogP contribution in [0.3, 0.4) is 0 Å². The van der Waals surface area contributed by atoms with E-state index in [1.54, 1.807) is 38.4 Å². The molecule has 0 spiro atoms. The quantitative estimate of drug-likeness (QED) is 0.619. The van der Waals surface area contributed by atoms with Crippen LogP contribution < -0.4 is 11.1 Å². The van der Waals surface area contributed by atoms with Gasteiger partial charge in [-0.25, -0.2) is 0 Å². The van der Waals surface area contributed by atoms with Crippen LogP contribution in [-0.4, -0.2) is 40.5 Å². The molecule has 0 aliphatic carbocycles. The van der Waals surface area contributed by atoms with Crippen LogP contribution in [0.5, 0.6) is 0 Å². The highest BCUT2D eigenvalue weighted by molar-refractivity contribution is 5.84. The SMILES string of the molecule is CC(C)C(CC(N)=O)C(O)C(F)(F)C(=O)NCCc1ccncc1. The van der Waals surface area contributed by atoms with E-state index in [2.05, 4.69) is 10.3 Å². The number of nitrogens with two attached hydrogens (primary N) is 1. The van der Waals surface area contributed by atoms with E-state index in [0.717, 1.165) is 5.56 Å². The summed E-state index contributed by atoms with van der Waals surface area (Å²) in [5, 5.41) is 12.0. The topological polar surface area (TPSA) is 105 Å². The van der Waals surface area contributed by atoms with Gasteiger partial charge in [0.05, 0.1) is 0 Å². The van der Waals surface area contributed by atoms with Crippen molar-refractivity contribution in [3.8, 4) is 0 Å². The van der Waals surface area contributed by atoms with Crippen molar-refractivity contribution in [1.29, 1.82) is 0 Å². The Hall–Kier alpha value is -2.09. The number of aromatic nitrogens is 1. The highest BCUT2D eigenvalue weighted by Crippen LogP contribution is 2.31. The Morgan fingerprint density at radius 3 is 2.42 bits per heavy atom. The molecule has 0 aromatic carbocycles. The smallest absolute Gasteiger partial charge is 0.349 e. The van der Waals surface area contributed by atoms with Crippen molar-refractivity contribution in [2.24, 2.45) is 17.6 Å². The van der Waals surface area contributed by atoms with Crippen molar-refractivity contribution in [3.63, 3.8) is 0 Å². The molecule has 2 unspecified atom stereocenters. The van der Waals surface area contributed by atoms with Crippen molar-refractivity contribution in [3.05, 3.63) is 30.1 Å². The van der Waals surface area contributed by atoms with Crippen molar-refractivity contribution in [2.75, 3.05) is 6.54 Å². The number of halogens is 2. The van der Waals surface area contributed by atoms with Gasteiger partial charge in [0.25, 0.3) is 5.91 Å². The number of carbonyl (C=O) groups excluding carboxylic acids is 2. The van der Waals surface area contributed by atoms with Gasteiger partial charge in [-0.05, 0) is 30.0 Å². The van der Waals surface area contributed by atoms with E-state index in [-0.39, 0.29) is 6.54 Å². The van der Waals surface area contributed by atoms with Gasteiger partial charge in [0.2, 0.25) is 5.91 Å². The maximum atomic E-state index is 14.2. The van der Waals surface area contributed by atoms with Crippen LogP contribution >= 0.6 is 0 Å². The number of nitrogens with one attached hydrogen (secondary N) is 1. The van der Waals surface area contributed by atoms with Crippen molar-refractivity contribution < 1.29 is 23.5 Å². The predicted molar refractivity (Wildman–Crippen MR) is 84.0 cm³/mol. The van der Waals surface area contributed by atoms with Gasteiger partial charge in [-0.3, -0.25) is 14.6 Å². The highest BCUT2D eigenvalue weighted by atomic mass is 19.3. The molecule has 1 aromatic heterocycles. The summed E-state index contributed by atoms with van der Waals surface area (Å²) >= 11 is 0. The van der Waals surface area contributed by atoms with Gasteiger partial charge in [0, 0.05) is 31.3 Å². The van der Waals surface area contributed by atoms with Gasteiger partial charge in [-0.15, -0.1) is 0 Å². The van der Waals surface area contributed by atoms with Gasteiger partial charge in [0.1, 0.15) is 6.10 Å². The first-order valence-electron chi connectivity index (χ1n) is 7.67. The van der Waals surface area contributed by atoms with E-state index < -0.39 is 42.1 Å². The van der Waals surface area contributed by atoms with Gasteiger partial charge < -0.3 is 16.2 Å². The molecule has 6 nitrogen and oxygen atoms in total. The number of pyridine rings is 1. The molecule has 0 radical (unpaired) electrons. The lowest BCUT2D eigenvalue weighted by molar-refractivity contribution is -0.173. The van der Waals surface area contributed by atoms with Crippen LogP contribution in [0.15, 0.2) is 24.5 Å². The minimum absolute atomic E-state index is 0.00663. The maximum Gasteiger partial charge on any atom is 0.349 e. The minimum atomic E-state index is -4.01. The molecule has 8 heteroatoms. The third-order valence-corrected chi connectivity index (χ3v) is 3.82. The molecule has 2 atom stereocenters. The van der Waals surface area contributed by atoms with E-state index in [0.29, 0.717) is 6.42 Å². The number of hydrogen-bond acceptors (Lipinski definition) is 4. The second-order valence-corrected chi connectivity index (χ2v) is 6.01. The Balaban J connectivity index is 2.66. The zero-order valence-electron chi connectivity index (χ0n) is 13.7. The number of aliphatic hydroxyl groups is 1. The molecule has 0 saturated carbocycles. The van der Waals surface area contributed by atoms with Crippen LogP contribution in [0.25, 0.3) is 0 Å². The average Bonchev–Trinajstić information content (AvgIpc) is 2.52. The Kier molecular flexibility index (Phi) is 7.21. The molecule has 24 heavy (non-hydrogen) atoms. The molecule has 0 bridgehead atoms. The van der Waals surface area contributed by atoms with Crippen molar-refractivity contribution >= 4 is 11.8 Å². The zero-order chi connectivity index (χ0) is 18.3. The number of primary amides is 1. The summed E-state index contributed by atoms with van der Waals surface area (Å²) < 4.78 is 28.3. The molecule has 2 amide bonds. The summed E-state index contributed by atoms with van der Waals surface area (Å²) in [6.07, 6.45) is 0.777. The first kappa shape index (κ1) is 20.0. The summed E-state index contributed by atoms with van der Waals surface area (Å²) in [7, 11) is 0. The van der Waals surface area contributed by atoms with E-state index in [4.69, 9.17) is 5.73 Å². The Morgan fingerprint density at radius 1 is 1.33 bits per heavy atom. The lowest BCUT2D eigenvalue weighted by atomic mass is 9.84. The standard InChI is InChI=1S/C16H23F2N3O3/c1-10(2)12(9-13(19)22)14(23)16(17,18)15(24)21-8-5-11-3-6-20-7-4-11/h3-4,6-7,10,12,14,23H,5,8-9H2,1-2H3,(H2,19,22)(H,21,24). The van der Waals surface area contributed by atoms with Crippen molar-refractivity contribution in [2.45, 2.75) is 38.7 Å². The van der Waals surface area contributed by atoms with Gasteiger partial charge >= 0.3 is 5.92 Å². The first-order valence-corrected chi connectivity index (χ1v) is 7.67. The summed E-state index contributed by atoms with van der Waals surface area (Å²) in [6, 6.07) is 3.42. The zero-order valence-corrected chi connectivity index (χ0v) is 13.7. The largest absolute Gasteiger partial charge is 0.386 e. The third kappa shape index (κ3) is 5.52. The minimum Gasteiger partial charge on any atom is -0.386 e. The predicted octanol–water partition coefficient (Wildman–Crippen LogP) is 0.884. The normalized spacial score (nSPS) is 14.2. The van der Waals surface area contributed by atoms with Crippen molar-refractivity contribution in [1.82, 2.24) is 10.3 Å². The Labute approximate surface area is 139 Å². The molecular weight excluding hydrogens is 320 g/mol. The summed E-state index contributed by atoms with van der Waals surface area (Å²) in [4.78, 5) is 26.6. The second-order valence-electron chi connectivity index (χ2n) is 6.01. The van der Waals surface area contributed by atoms with Crippen LogP contribution in [-0.2, 0) is 16.0 Å². The molecule has 1 heterocycles. The fourth-order valence-electron chi connectivity index (χ4n) is 2.34. The van der Waals surface area contributed by atoms with E-state index >= 15 is 0 Å². The second kappa shape index (κ2) is 8.68. The lowest BCUT2D eigenvalue weighted by Gasteiger charge is -2.30. The molecule has 0 saturated heterocycles. The number of nitrogens with zero attached hydrogens (tertiary/aromatic N) is 1. The highest BCUT2D eigenvalue weighted by Gasteiger charge is 2.50. The number of amides is 2. The van der Waals surface area contributed by atoms with E-state index in [9.17, 15) is 23.5 Å². The van der Waals surface area contributed by atoms with Gasteiger partial charge in [0.15, 0.2) is 0 Å². The number of hydrogen-bond donors (Lipinski definition) is 3. The number of rotatable bonds is 9. The van der Waals surface area contributed by atoms with E-state index in [1.807, 2.05) is 0 Å². The van der Waals surface area contributed by atoms with Gasteiger partial charge in [-0.1, -0.05) is 13.8 Å². The third-order valence-electron chi connectivity index (χ3n) is 3.82. The fourth-order valence-corrected chi connectivity index (χ4v) is 2.34. The number of carbonyl (C=O) groups is 2. The summed E-state index contributed by atoms with van der Waals surface area (Å²) in [5.74, 6) is -7.94. The molecule has 1 rings (SSSR count). The molecule has 0 aliphatic heterocycles. The number of aliphatic hydroxyl groups excluding tert-OH is 1. The fraction of sp³-hybridized carbons (Fsp3) is 0.562. The number of alkyl halides is 2. The molecule has 1 aromatic rings. The summed E-state index contributed by atoms with van der Waals surface area (Å²) in [6.45, 7) is 3.15. The van der Waals surface area contributed by atoms with Gasteiger partial charge in [-0.2, -0.15) is 8.78 Å². The van der Waals surface area contributed by atoms with Crippen LogP contribution in [0.4, 0.5) is 8.78 Å². The average molecular weight is 343 g/mol. The van der Waals surface area contributed by atoms with Crippen LogP contribution in [0.1, 0.15) is 25.8 Å². The van der Waals surface area contributed by atoms with Crippen LogP contribution in [0.2, 0.25) is 0 Å². The molecule has 4 N–H and O–H groups in total. The van der Waals surface area contributed by atoms with Crippen LogP contribution in [0, 0.1) is 11.8 Å². The maximum absolute atomic E-state index is 14.2. The Bertz CT molecular complexity index is 553. The Morgan fingerprint density at radius 2 is 1.92 bits per heavy atom. The molecule has 0 fully saturated rings. The molecular formula is C16H23F2N3O3. The molecule has 134 valence electrons. The first-order chi connectivity index (χ1) is 11.2. The monoisotopic (exact) mass is 343 g/mol. The van der Waals surface area contributed by atoms with E-state index in [1.165, 1.54) is 0 Å². The lowest BCUT2D eigenvalue weighted by Crippen LogP contribution is -2.53.